The molecule has 2 nitrogen and oxygen atoms in total. The van der Waals surface area contributed by atoms with Gasteiger partial charge in [-0.25, -0.2) is 9.37 Å². The second kappa shape index (κ2) is 4.70. The first-order valence-electron chi connectivity index (χ1n) is 5.08. The summed E-state index contributed by atoms with van der Waals surface area (Å²) in [4.78, 5) is 3.41. The van der Waals surface area contributed by atoms with Crippen molar-refractivity contribution in [2.45, 2.75) is 6.18 Å². The Morgan fingerprint density at radius 2 is 1.79 bits per heavy atom. The van der Waals surface area contributed by atoms with Crippen molar-refractivity contribution in [2.75, 3.05) is 5.73 Å². The maximum absolute atomic E-state index is 13.1. The normalized spacial score (nSPS) is 11.6. The van der Waals surface area contributed by atoms with Crippen LogP contribution in [0.1, 0.15) is 5.69 Å². The molecule has 0 amide bonds. The van der Waals surface area contributed by atoms with Crippen LogP contribution in [-0.2, 0) is 6.18 Å². The highest BCUT2D eigenvalue weighted by atomic mass is 35.5. The van der Waals surface area contributed by atoms with Crippen molar-refractivity contribution in [3.8, 4) is 11.3 Å². The van der Waals surface area contributed by atoms with Crippen molar-refractivity contribution in [2.24, 2.45) is 0 Å². The number of hydrogen-bond donors (Lipinski definition) is 1. The summed E-state index contributed by atoms with van der Waals surface area (Å²) in [6, 6.07) is 5.13. The lowest BCUT2D eigenvalue weighted by Gasteiger charge is -2.11. The van der Waals surface area contributed by atoms with Crippen molar-refractivity contribution in [1.82, 2.24) is 4.98 Å². The van der Waals surface area contributed by atoms with Gasteiger partial charge in [0.05, 0.1) is 16.4 Å². The van der Waals surface area contributed by atoms with E-state index in [2.05, 4.69) is 4.98 Å². The van der Waals surface area contributed by atoms with Crippen molar-refractivity contribution in [3.63, 3.8) is 0 Å². The lowest BCUT2D eigenvalue weighted by molar-refractivity contribution is -0.141. The number of alkyl halides is 3. The van der Waals surface area contributed by atoms with Gasteiger partial charge in [0.15, 0.2) is 0 Å². The lowest BCUT2D eigenvalue weighted by atomic mass is 10.1. The number of aromatic nitrogens is 1. The highest BCUT2D eigenvalue weighted by Crippen LogP contribution is 2.35. The second-order valence-electron chi connectivity index (χ2n) is 3.76. The monoisotopic (exact) mass is 290 g/mol. The Hall–Kier alpha value is -1.82. The van der Waals surface area contributed by atoms with Crippen molar-refractivity contribution in [3.05, 3.63) is 46.9 Å². The third-order valence-corrected chi connectivity index (χ3v) is 2.73. The molecule has 19 heavy (non-hydrogen) atoms. The Labute approximate surface area is 110 Å². The predicted molar refractivity (Wildman–Crippen MR) is 64.1 cm³/mol. The summed E-state index contributed by atoms with van der Waals surface area (Å²) in [7, 11) is 0. The molecule has 2 N–H and O–H groups in total. The van der Waals surface area contributed by atoms with Crippen LogP contribution in [0.15, 0.2) is 30.3 Å². The standard InChI is InChI=1S/C12H7ClF4N2/c13-8-2-1-6(14)5-7(8)11-9(18)3-4-10(19-11)12(15,16)17/h1-5H,18H2. The minimum absolute atomic E-state index is 0.0134. The molecule has 1 heterocycles. The first-order chi connectivity index (χ1) is 8.79. The average Bonchev–Trinajstić information content (AvgIpc) is 2.32. The van der Waals surface area contributed by atoms with Crippen LogP contribution >= 0.6 is 11.6 Å². The van der Waals surface area contributed by atoms with E-state index >= 15 is 0 Å². The number of halogens is 5. The minimum atomic E-state index is -4.61. The van der Waals surface area contributed by atoms with E-state index in [1.807, 2.05) is 0 Å². The van der Waals surface area contributed by atoms with Crippen LogP contribution < -0.4 is 5.73 Å². The highest BCUT2D eigenvalue weighted by molar-refractivity contribution is 6.33. The van der Waals surface area contributed by atoms with Crippen LogP contribution in [0, 0.1) is 5.82 Å². The van der Waals surface area contributed by atoms with Crippen LogP contribution in [-0.4, -0.2) is 4.98 Å². The first kappa shape index (κ1) is 13.6. The highest BCUT2D eigenvalue weighted by Gasteiger charge is 2.33. The van der Waals surface area contributed by atoms with Crippen LogP contribution in [0.2, 0.25) is 5.02 Å². The number of pyridine rings is 1. The van der Waals surface area contributed by atoms with E-state index in [4.69, 9.17) is 17.3 Å². The van der Waals surface area contributed by atoms with Gasteiger partial charge < -0.3 is 5.73 Å². The summed E-state index contributed by atoms with van der Waals surface area (Å²) in [6.07, 6.45) is -4.61. The Morgan fingerprint density at radius 3 is 2.42 bits per heavy atom. The topological polar surface area (TPSA) is 38.9 Å². The molecule has 0 aliphatic carbocycles. The molecule has 0 bridgehead atoms. The van der Waals surface area contributed by atoms with Gasteiger partial charge in [-0.15, -0.1) is 0 Å². The molecule has 0 aliphatic heterocycles. The van der Waals surface area contributed by atoms with Gasteiger partial charge in [0.2, 0.25) is 0 Å². The zero-order chi connectivity index (χ0) is 14.2. The quantitative estimate of drug-likeness (QED) is 0.802. The summed E-state index contributed by atoms with van der Waals surface area (Å²) in [5.74, 6) is -0.641. The van der Waals surface area contributed by atoms with E-state index in [1.165, 1.54) is 6.07 Å². The first-order valence-corrected chi connectivity index (χ1v) is 5.46. The van der Waals surface area contributed by atoms with E-state index < -0.39 is 17.7 Å². The van der Waals surface area contributed by atoms with Gasteiger partial charge in [-0.1, -0.05) is 11.6 Å². The number of hydrogen-bond acceptors (Lipinski definition) is 2. The molecule has 0 spiro atoms. The Bertz CT molecular complexity index is 626. The van der Waals surface area contributed by atoms with Gasteiger partial charge in [0.25, 0.3) is 0 Å². The van der Waals surface area contributed by atoms with Gasteiger partial charge in [0.1, 0.15) is 11.5 Å². The summed E-state index contributed by atoms with van der Waals surface area (Å²) in [5, 5.41) is 0.0694. The van der Waals surface area contributed by atoms with Crippen LogP contribution in [0.5, 0.6) is 0 Å². The number of nitrogen functional groups attached to an aromatic ring is 1. The zero-order valence-corrected chi connectivity index (χ0v) is 10.1. The third-order valence-electron chi connectivity index (χ3n) is 2.40. The molecular formula is C12H7ClF4N2. The summed E-state index contributed by atoms with van der Waals surface area (Å²) < 4.78 is 50.9. The summed E-state index contributed by atoms with van der Waals surface area (Å²) in [5.41, 5.74) is 4.27. The Kier molecular flexibility index (Phi) is 3.36. The average molecular weight is 291 g/mol. The fraction of sp³-hybridized carbons (Fsp3) is 0.0833. The molecule has 0 aliphatic rings. The maximum atomic E-state index is 13.1. The molecule has 1 aromatic carbocycles. The van der Waals surface area contributed by atoms with Gasteiger partial charge in [0, 0.05) is 5.56 Å². The SMILES string of the molecule is Nc1ccc(C(F)(F)F)nc1-c1cc(F)ccc1Cl. The largest absolute Gasteiger partial charge is 0.433 e. The number of nitrogens with two attached hydrogens (primary N) is 1. The Morgan fingerprint density at radius 1 is 1.11 bits per heavy atom. The van der Waals surface area contributed by atoms with E-state index in [9.17, 15) is 17.6 Å². The van der Waals surface area contributed by atoms with Crippen molar-refractivity contribution < 1.29 is 17.6 Å². The molecule has 0 radical (unpaired) electrons. The smallest absolute Gasteiger partial charge is 0.397 e. The second-order valence-corrected chi connectivity index (χ2v) is 4.16. The van der Waals surface area contributed by atoms with E-state index in [0.29, 0.717) is 0 Å². The number of rotatable bonds is 1. The van der Waals surface area contributed by atoms with E-state index in [0.717, 1.165) is 24.3 Å². The number of benzene rings is 1. The molecule has 0 unspecified atom stereocenters. The molecule has 0 fully saturated rings. The van der Waals surface area contributed by atoms with Gasteiger partial charge >= 0.3 is 6.18 Å². The van der Waals surface area contributed by atoms with E-state index in [1.54, 1.807) is 0 Å². The van der Waals surface area contributed by atoms with Crippen LogP contribution in [0.25, 0.3) is 11.3 Å². The fourth-order valence-electron chi connectivity index (χ4n) is 1.52. The fourth-order valence-corrected chi connectivity index (χ4v) is 1.73. The summed E-state index contributed by atoms with van der Waals surface area (Å²) in [6.45, 7) is 0. The molecule has 2 aromatic rings. The number of anilines is 1. The van der Waals surface area contributed by atoms with Crippen molar-refractivity contribution in [1.29, 1.82) is 0 Å². The Balaban J connectivity index is 2.64. The van der Waals surface area contributed by atoms with Crippen LogP contribution in [0.3, 0.4) is 0 Å². The molecule has 1 aromatic heterocycles. The summed E-state index contributed by atoms with van der Waals surface area (Å²) >= 11 is 5.83. The maximum Gasteiger partial charge on any atom is 0.433 e. The van der Waals surface area contributed by atoms with Crippen molar-refractivity contribution >= 4 is 17.3 Å². The lowest BCUT2D eigenvalue weighted by Crippen LogP contribution is -2.09. The third kappa shape index (κ3) is 2.78. The zero-order valence-electron chi connectivity index (χ0n) is 9.30. The molecule has 2 rings (SSSR count). The molecule has 0 saturated heterocycles. The molecule has 100 valence electrons. The van der Waals surface area contributed by atoms with Crippen LogP contribution in [0.4, 0.5) is 23.2 Å². The molecule has 0 saturated carbocycles. The minimum Gasteiger partial charge on any atom is -0.397 e. The van der Waals surface area contributed by atoms with Gasteiger partial charge in [-0.3, -0.25) is 0 Å². The molecule has 0 atom stereocenters. The number of nitrogens with zero attached hydrogens (tertiary/aromatic N) is 1. The van der Waals surface area contributed by atoms with Gasteiger partial charge in [-0.2, -0.15) is 13.2 Å². The molecular weight excluding hydrogens is 284 g/mol. The molecule has 7 heteroatoms. The van der Waals surface area contributed by atoms with Gasteiger partial charge in [-0.05, 0) is 30.3 Å². The predicted octanol–water partition coefficient (Wildman–Crippen LogP) is 4.14. The van der Waals surface area contributed by atoms with E-state index in [-0.39, 0.29) is 22.0 Å².